The number of anilines is 2. The van der Waals surface area contributed by atoms with Crippen LogP contribution in [-0.2, 0) is 13.1 Å². The maximum Gasteiger partial charge on any atom is 0.273 e. The molecule has 11 heteroatoms. The first-order valence-electron chi connectivity index (χ1n) is 16.1. The van der Waals surface area contributed by atoms with E-state index in [2.05, 4.69) is 15.3 Å². The summed E-state index contributed by atoms with van der Waals surface area (Å²) in [5, 5.41) is 3.67. The summed E-state index contributed by atoms with van der Waals surface area (Å²) in [6.45, 7) is 1.10. The number of amides is 2. The Hall–Kier alpha value is -5.58. The lowest BCUT2D eigenvalue weighted by Crippen LogP contribution is -2.31. The fraction of sp³-hybridized carbons (Fsp3) is 0.263. The normalized spacial score (nSPS) is 14.2. The number of rotatable bonds is 10. The van der Waals surface area contributed by atoms with Gasteiger partial charge >= 0.3 is 0 Å². The van der Waals surface area contributed by atoms with E-state index in [9.17, 15) is 18.4 Å². The number of halogens is 2. The maximum atomic E-state index is 14.3. The number of fused-ring (bicyclic) bond motifs is 1. The number of pyridine rings is 2. The number of hydrogen-bond acceptors (Lipinski definition) is 7. The van der Waals surface area contributed by atoms with Gasteiger partial charge in [0.2, 0.25) is 5.92 Å². The van der Waals surface area contributed by atoms with Crippen LogP contribution < -0.4 is 19.7 Å². The monoisotopic (exact) mass is 665 g/mol. The molecule has 1 aliphatic rings. The lowest BCUT2D eigenvalue weighted by atomic mass is 10.1. The lowest BCUT2D eigenvalue weighted by molar-refractivity contribution is -0.0102. The molecule has 1 saturated heterocycles. The SMILES string of the molecule is COc1ccc(CN(Cc2ccc(OC)cc2)C(=O)c2cc(NC(=O)c3cc4cccnc4cc3N3CCCC(F)(F)CC3)ccn2)cc1. The van der Waals surface area contributed by atoms with Gasteiger partial charge in [-0.25, -0.2) is 8.78 Å². The quantitative estimate of drug-likeness (QED) is 0.166. The van der Waals surface area contributed by atoms with E-state index in [4.69, 9.17) is 9.47 Å². The molecule has 49 heavy (non-hydrogen) atoms. The Morgan fingerprint density at radius 2 is 1.51 bits per heavy atom. The summed E-state index contributed by atoms with van der Waals surface area (Å²) in [6, 6.07) is 25.3. The Bertz CT molecular complexity index is 1890. The number of benzene rings is 3. The van der Waals surface area contributed by atoms with Crippen LogP contribution in [0.25, 0.3) is 10.9 Å². The van der Waals surface area contributed by atoms with E-state index >= 15 is 0 Å². The summed E-state index contributed by atoms with van der Waals surface area (Å²) in [6.07, 6.45) is 2.94. The molecule has 2 amide bonds. The molecule has 0 aliphatic carbocycles. The highest BCUT2D eigenvalue weighted by atomic mass is 19.3. The van der Waals surface area contributed by atoms with Crippen molar-refractivity contribution in [2.45, 2.75) is 38.3 Å². The van der Waals surface area contributed by atoms with Crippen molar-refractivity contribution in [2.75, 3.05) is 37.5 Å². The van der Waals surface area contributed by atoms with Crippen molar-refractivity contribution >= 4 is 34.1 Å². The Morgan fingerprint density at radius 1 is 0.837 bits per heavy atom. The number of ether oxygens (including phenoxy) is 2. The van der Waals surface area contributed by atoms with Gasteiger partial charge in [-0.2, -0.15) is 0 Å². The van der Waals surface area contributed by atoms with E-state index in [-0.39, 0.29) is 31.0 Å². The average Bonchev–Trinajstić information content (AvgIpc) is 3.31. The summed E-state index contributed by atoms with van der Waals surface area (Å²) in [5.41, 5.74) is 3.85. The molecule has 1 fully saturated rings. The third kappa shape index (κ3) is 8.11. The van der Waals surface area contributed by atoms with Crippen molar-refractivity contribution in [1.29, 1.82) is 0 Å². The minimum Gasteiger partial charge on any atom is -0.497 e. The number of carbonyl (C=O) groups is 2. The Kier molecular flexibility index (Phi) is 9.98. The van der Waals surface area contributed by atoms with Gasteiger partial charge in [0.05, 0.1) is 31.0 Å². The second-order valence-corrected chi connectivity index (χ2v) is 12.0. The first kappa shape index (κ1) is 33.3. The predicted octanol–water partition coefficient (Wildman–Crippen LogP) is 7.37. The summed E-state index contributed by atoms with van der Waals surface area (Å²) in [7, 11) is 3.19. The van der Waals surface area contributed by atoms with Crippen LogP contribution in [0.1, 0.15) is 51.2 Å². The lowest BCUT2D eigenvalue weighted by Gasteiger charge is -2.26. The smallest absolute Gasteiger partial charge is 0.273 e. The fourth-order valence-corrected chi connectivity index (χ4v) is 5.95. The van der Waals surface area contributed by atoms with Gasteiger partial charge < -0.3 is 24.6 Å². The standard InChI is InChI=1S/C38H37F2N5O4/c1-48-30-10-6-26(7-11-30)24-45(25-27-8-12-31(49-2)13-9-27)37(47)34-22-29(14-18-42-34)43-36(46)32-21-28-5-3-17-41-33(28)23-35(32)44-19-4-15-38(39,40)16-20-44/h3,5-14,17-18,21-23H,4,15-16,19-20,24-25H2,1-2H3,(H,42,43,46). The molecule has 5 aromatic rings. The maximum absolute atomic E-state index is 14.3. The number of nitrogens with zero attached hydrogens (tertiary/aromatic N) is 4. The predicted molar refractivity (Wildman–Crippen MR) is 185 cm³/mol. The van der Waals surface area contributed by atoms with Gasteiger partial charge in [0.1, 0.15) is 17.2 Å². The van der Waals surface area contributed by atoms with Crippen molar-refractivity contribution < 1.29 is 27.8 Å². The van der Waals surface area contributed by atoms with Crippen LogP contribution in [0.3, 0.4) is 0 Å². The molecular weight excluding hydrogens is 628 g/mol. The van der Waals surface area contributed by atoms with Crippen LogP contribution in [0.5, 0.6) is 11.5 Å². The number of hydrogen-bond donors (Lipinski definition) is 1. The van der Waals surface area contributed by atoms with Crippen LogP contribution in [0.2, 0.25) is 0 Å². The molecule has 0 unspecified atom stereocenters. The van der Waals surface area contributed by atoms with Crippen LogP contribution in [-0.4, -0.2) is 59.9 Å². The molecule has 1 N–H and O–H groups in total. The molecule has 0 bridgehead atoms. The van der Waals surface area contributed by atoms with E-state index in [1.807, 2.05) is 59.5 Å². The topological polar surface area (TPSA) is 96.9 Å². The van der Waals surface area contributed by atoms with Crippen LogP contribution in [0.15, 0.2) is 97.3 Å². The Labute approximate surface area is 283 Å². The third-order valence-electron chi connectivity index (χ3n) is 8.61. The number of alkyl halides is 2. The van der Waals surface area contributed by atoms with Crippen molar-refractivity contribution in [3.8, 4) is 11.5 Å². The summed E-state index contributed by atoms with van der Waals surface area (Å²) < 4.78 is 39.1. The van der Waals surface area contributed by atoms with Crippen LogP contribution in [0.4, 0.5) is 20.2 Å². The zero-order valence-corrected chi connectivity index (χ0v) is 27.4. The van der Waals surface area contributed by atoms with Crippen LogP contribution >= 0.6 is 0 Å². The van der Waals surface area contributed by atoms with E-state index < -0.39 is 11.8 Å². The number of nitrogens with one attached hydrogen (secondary N) is 1. The third-order valence-corrected chi connectivity index (χ3v) is 8.61. The molecule has 0 radical (unpaired) electrons. The van der Waals surface area contributed by atoms with Gasteiger partial charge in [0.15, 0.2) is 0 Å². The molecule has 0 atom stereocenters. The summed E-state index contributed by atoms with van der Waals surface area (Å²) in [5.74, 6) is -2.09. The molecule has 0 saturated carbocycles. The zero-order chi connectivity index (χ0) is 34.4. The van der Waals surface area contributed by atoms with Crippen molar-refractivity contribution in [2.24, 2.45) is 0 Å². The highest BCUT2D eigenvalue weighted by Crippen LogP contribution is 2.33. The molecule has 1 aliphatic heterocycles. The minimum absolute atomic E-state index is 0.109. The van der Waals surface area contributed by atoms with Crippen molar-refractivity contribution in [1.82, 2.24) is 14.9 Å². The summed E-state index contributed by atoms with van der Waals surface area (Å²) in [4.78, 5) is 40.2. The van der Waals surface area contributed by atoms with Crippen molar-refractivity contribution in [3.05, 3.63) is 120 Å². The summed E-state index contributed by atoms with van der Waals surface area (Å²) >= 11 is 0. The molecule has 6 rings (SSSR count). The average molecular weight is 666 g/mol. The van der Waals surface area contributed by atoms with E-state index in [1.54, 1.807) is 55.6 Å². The Balaban J connectivity index is 1.27. The molecular formula is C38H37F2N5O4. The largest absolute Gasteiger partial charge is 0.497 e. The highest BCUT2D eigenvalue weighted by molar-refractivity contribution is 6.11. The van der Waals surface area contributed by atoms with Crippen molar-refractivity contribution in [3.63, 3.8) is 0 Å². The molecule has 3 heterocycles. The number of methoxy groups -OCH3 is 2. The van der Waals surface area contributed by atoms with Gasteiger partial charge in [0, 0.05) is 62.5 Å². The molecule has 0 spiro atoms. The molecule has 9 nitrogen and oxygen atoms in total. The van der Waals surface area contributed by atoms with Gasteiger partial charge in [-0.1, -0.05) is 30.3 Å². The van der Waals surface area contributed by atoms with E-state index in [1.165, 1.54) is 6.20 Å². The number of aromatic nitrogens is 2. The highest BCUT2D eigenvalue weighted by Gasteiger charge is 2.33. The van der Waals surface area contributed by atoms with Gasteiger partial charge in [-0.05, 0) is 72.1 Å². The molecule has 3 aromatic carbocycles. The van der Waals surface area contributed by atoms with E-state index in [0.717, 1.165) is 16.5 Å². The molecule has 252 valence electrons. The van der Waals surface area contributed by atoms with Gasteiger partial charge in [0.25, 0.3) is 11.8 Å². The first-order chi connectivity index (χ1) is 23.7. The number of carbonyl (C=O) groups excluding carboxylic acids is 2. The first-order valence-corrected chi connectivity index (χ1v) is 16.1. The fourth-order valence-electron chi connectivity index (χ4n) is 5.95. The Morgan fingerprint density at radius 3 is 2.16 bits per heavy atom. The van der Waals surface area contributed by atoms with Gasteiger partial charge in [-0.15, -0.1) is 0 Å². The van der Waals surface area contributed by atoms with E-state index in [0.29, 0.717) is 60.0 Å². The van der Waals surface area contributed by atoms with Crippen LogP contribution in [0, 0.1) is 0 Å². The van der Waals surface area contributed by atoms with Gasteiger partial charge in [-0.3, -0.25) is 19.6 Å². The minimum atomic E-state index is -2.75. The second kappa shape index (κ2) is 14.7. The zero-order valence-electron chi connectivity index (χ0n) is 27.4. The molecule has 2 aromatic heterocycles. The second-order valence-electron chi connectivity index (χ2n) is 12.0.